The number of phenols is 2. The van der Waals surface area contributed by atoms with E-state index < -0.39 is 33.6 Å². The van der Waals surface area contributed by atoms with Gasteiger partial charge in [-0.25, -0.2) is 0 Å². The van der Waals surface area contributed by atoms with E-state index in [0.29, 0.717) is 84.6 Å². The van der Waals surface area contributed by atoms with Gasteiger partial charge in [0.05, 0.1) is 25.2 Å². The molecule has 490 valence electrons. The van der Waals surface area contributed by atoms with Crippen molar-refractivity contribution in [3.63, 3.8) is 0 Å². The molecule has 92 heavy (non-hydrogen) atoms. The highest BCUT2D eigenvalue weighted by Gasteiger charge is 2.74. The molecular weight excluding hydrogens is 1200 g/mol. The van der Waals surface area contributed by atoms with Crippen LogP contribution in [-0.4, -0.2) is 204 Å². The molecule has 4 spiro atoms. The Bertz CT molecular complexity index is 3950. The van der Waals surface area contributed by atoms with Gasteiger partial charge in [0, 0.05) is 87.8 Å². The van der Waals surface area contributed by atoms with Crippen molar-refractivity contribution in [1.29, 1.82) is 0 Å². The molecule has 8 aliphatic heterocycles. The van der Waals surface area contributed by atoms with Gasteiger partial charge in [0.2, 0.25) is 0 Å². The number of aliphatic hydroxyl groups is 2. The SMILES string of the molecule is CN1CC[C@]23c4c5ccc(O)c4O[C@H]2C(=O)CC[C@H]3[C@H]1C5.CN1CC[C@]23c4c5ccc(O)c4O[C@H]2[C@@H](O)C=C[C@H]3[C@H]1C5.COc1ccc2c3c1O[C@H]1C(=O)CC[C@@]4(O)[C@@H](C2)N(C)CC[C@]314.COc1ccc2c3c1O[C@H]1C(=O)CC[C@H]4[C@@H](C2)N(C)CC[C@]314.O=S(=O)(O)O. The maximum atomic E-state index is 12.7. The number of hydrogen-bond acceptors (Lipinski definition) is 19. The van der Waals surface area contributed by atoms with Crippen LogP contribution in [0.1, 0.15) is 109 Å². The monoisotopic (exact) mass is 1280 g/mol. The molecule has 4 aromatic carbocycles. The van der Waals surface area contributed by atoms with Crippen LogP contribution in [-0.2, 0) is 72.1 Å². The fraction of sp³-hybridized carbons (Fsp3) is 0.586. The Hall–Kier alpha value is -6.34. The van der Waals surface area contributed by atoms with Gasteiger partial charge in [-0.2, -0.15) is 8.42 Å². The summed E-state index contributed by atoms with van der Waals surface area (Å²) in [5.74, 6) is 6.61. The van der Waals surface area contributed by atoms with Crippen molar-refractivity contribution in [3.05, 3.63) is 105 Å². The highest BCUT2D eigenvalue weighted by Crippen LogP contribution is 2.68. The lowest BCUT2D eigenvalue weighted by Crippen LogP contribution is -2.76. The molecule has 0 amide bonds. The van der Waals surface area contributed by atoms with Crippen LogP contribution >= 0.6 is 0 Å². The minimum Gasteiger partial charge on any atom is -0.504 e. The van der Waals surface area contributed by atoms with E-state index in [2.05, 4.69) is 66.0 Å². The van der Waals surface area contributed by atoms with Gasteiger partial charge >= 0.3 is 10.4 Å². The number of Topliss-reactive ketones (excluding diaryl/α,β-unsaturated/α-hetero) is 3. The van der Waals surface area contributed by atoms with Gasteiger partial charge < -0.3 is 68.4 Å². The van der Waals surface area contributed by atoms with Crippen LogP contribution in [0, 0.1) is 17.8 Å². The number of carbonyl (C=O) groups excluding carboxylic acids is 3. The van der Waals surface area contributed by atoms with E-state index in [1.165, 1.54) is 33.4 Å². The highest BCUT2D eigenvalue weighted by atomic mass is 32.3. The first-order chi connectivity index (χ1) is 43.9. The highest BCUT2D eigenvalue weighted by molar-refractivity contribution is 7.79. The van der Waals surface area contributed by atoms with Gasteiger partial charge in [0.25, 0.3) is 0 Å². The number of ether oxygens (including phenoxy) is 6. The summed E-state index contributed by atoms with van der Waals surface area (Å²) in [6.45, 7) is 3.93. The van der Waals surface area contributed by atoms with Crippen LogP contribution in [0.2, 0.25) is 0 Å². The van der Waals surface area contributed by atoms with Crippen molar-refractivity contribution in [2.24, 2.45) is 17.8 Å². The zero-order chi connectivity index (χ0) is 64.2. The van der Waals surface area contributed by atoms with Crippen LogP contribution in [0.3, 0.4) is 0 Å². The summed E-state index contributed by atoms with van der Waals surface area (Å²) in [5.41, 5.74) is 7.86. The summed E-state index contributed by atoms with van der Waals surface area (Å²) in [6.07, 6.45) is 13.7. The molecule has 7 fully saturated rings. The number of likely N-dealkylation sites (N-methyl/N-ethyl adjacent to an activating group) is 4. The standard InChI is InChI=1S/C18H21NO4.C18H21NO3.2C17H19NO3.H2O4S/c1-19-8-7-17-14-10-3-4-12(22-2)15(14)23-16(17)11(20)5-6-18(17,21)13(19)9-10;1-19-8-7-18-11-4-5-13(20)17(18)22-16-14(21-2)6-3-10(15(16)18)9-12(11)19;2*1-18-7-6-17-10-3-5-13(20)16(17)21-15-12(19)4-2-9(14(15)17)8-11(10)18;1-5(2,3)4/h3-4,13,16,21H,5-9H2,1-2H3;3,6,11-12,17H,4-5,7-9H2,1-2H3;2,4,10-11,16,19H,3,5-8H2,1H3;2-5,10-11,13,16,19-20H,6-8H2,1H3;(H2,1,2,3,4)/t13-,16+,17+,18-;11-,12+,17-,18-;10-,11+,16-,17-;10-,11+,13-,16-,17-;/m1000./s1. The quantitative estimate of drug-likeness (QED) is 0.112. The number of phenolic OH excluding ortho intramolecular Hbond substituents is 2. The van der Waals surface area contributed by atoms with E-state index in [0.717, 1.165) is 113 Å². The Labute approximate surface area is 535 Å². The Morgan fingerprint density at radius 2 is 0.946 bits per heavy atom. The van der Waals surface area contributed by atoms with Gasteiger partial charge in [-0.3, -0.25) is 23.5 Å². The number of benzene rings is 4. The third-order valence-electron chi connectivity index (χ3n) is 25.9. The van der Waals surface area contributed by atoms with Crippen molar-refractivity contribution >= 4 is 27.7 Å². The van der Waals surface area contributed by atoms with Gasteiger partial charge in [0.1, 0.15) is 12.2 Å². The van der Waals surface area contributed by atoms with E-state index in [-0.39, 0.29) is 69.4 Å². The molecule has 8 bridgehead atoms. The summed E-state index contributed by atoms with van der Waals surface area (Å²) >= 11 is 0. The molecule has 6 N–H and O–H groups in total. The molecule has 16 aliphatic rings. The number of rotatable bonds is 2. The number of aromatic hydroxyl groups is 2. The Balaban J connectivity index is 0.0000000952. The molecule has 4 aromatic rings. The maximum Gasteiger partial charge on any atom is 0.394 e. The van der Waals surface area contributed by atoms with E-state index in [9.17, 15) is 34.8 Å². The fourth-order valence-electron chi connectivity index (χ4n) is 22.1. The first-order valence-corrected chi connectivity index (χ1v) is 34.3. The summed E-state index contributed by atoms with van der Waals surface area (Å²) in [6, 6.07) is 17.3. The lowest BCUT2D eigenvalue weighted by Gasteiger charge is -2.62. The molecule has 22 heteroatoms. The van der Waals surface area contributed by atoms with Crippen LogP contribution in [0.4, 0.5) is 0 Å². The lowest BCUT2D eigenvalue weighted by atomic mass is 9.49. The van der Waals surface area contributed by atoms with Crippen LogP contribution in [0.25, 0.3) is 0 Å². The largest absolute Gasteiger partial charge is 0.504 e. The number of hydrogen-bond donors (Lipinski definition) is 6. The predicted octanol–water partition coefficient (Wildman–Crippen LogP) is 5.16. The molecule has 8 heterocycles. The number of ketones is 3. The van der Waals surface area contributed by atoms with E-state index >= 15 is 0 Å². The minimum atomic E-state index is -4.67. The average molecular weight is 1280 g/mol. The third kappa shape index (κ3) is 7.98. The summed E-state index contributed by atoms with van der Waals surface area (Å²) in [5, 5.41) is 42.6. The Morgan fingerprint density at radius 1 is 0.511 bits per heavy atom. The number of nitrogens with zero attached hydrogens (tertiary/aromatic N) is 4. The zero-order valence-corrected chi connectivity index (χ0v) is 53.6. The van der Waals surface area contributed by atoms with Gasteiger partial charge in [0.15, 0.2) is 81.7 Å². The van der Waals surface area contributed by atoms with Crippen molar-refractivity contribution in [2.45, 2.75) is 172 Å². The topological polar surface area (TPSA) is 275 Å². The second-order valence-electron chi connectivity index (χ2n) is 29.2. The van der Waals surface area contributed by atoms with Gasteiger partial charge in [-0.1, -0.05) is 36.4 Å². The summed E-state index contributed by atoms with van der Waals surface area (Å²) < 4.78 is 67.1. The molecule has 17 atom stereocenters. The second kappa shape index (κ2) is 20.8. The number of likely N-dealkylation sites (tertiary alicyclic amines) is 4. The van der Waals surface area contributed by atoms with Gasteiger partial charge in [-0.05, 0) is 183 Å². The van der Waals surface area contributed by atoms with E-state index in [4.69, 9.17) is 45.9 Å². The van der Waals surface area contributed by atoms with Crippen LogP contribution in [0.5, 0.6) is 46.0 Å². The normalized spacial score (nSPS) is 38.8. The predicted molar refractivity (Wildman–Crippen MR) is 333 cm³/mol. The second-order valence-corrected chi connectivity index (χ2v) is 30.1. The molecule has 4 saturated heterocycles. The fourth-order valence-corrected chi connectivity index (χ4v) is 22.1. The van der Waals surface area contributed by atoms with Crippen molar-refractivity contribution in [3.8, 4) is 46.0 Å². The molecular formula is C70H82N4O17S. The number of aliphatic hydroxyl groups excluding tert-OH is 1. The smallest absolute Gasteiger partial charge is 0.394 e. The molecule has 3 saturated carbocycles. The molecule has 8 aliphatic carbocycles. The van der Waals surface area contributed by atoms with Crippen LogP contribution in [0.15, 0.2) is 60.7 Å². The Kier molecular flexibility index (Phi) is 13.7. The van der Waals surface area contributed by atoms with Crippen molar-refractivity contribution < 1.29 is 80.8 Å². The van der Waals surface area contributed by atoms with Crippen molar-refractivity contribution in [1.82, 2.24) is 19.6 Å². The molecule has 20 rings (SSSR count). The number of piperidine rings is 4. The van der Waals surface area contributed by atoms with Crippen molar-refractivity contribution in [2.75, 3.05) is 68.6 Å². The number of methoxy groups -OCH3 is 2. The zero-order valence-electron chi connectivity index (χ0n) is 52.8. The molecule has 0 aromatic heterocycles. The number of carbonyl (C=O) groups is 3. The summed E-state index contributed by atoms with van der Waals surface area (Å²) in [7, 11) is 7.33. The average Bonchev–Trinajstić information content (AvgIpc) is 1.44. The van der Waals surface area contributed by atoms with E-state index in [1.807, 2.05) is 30.3 Å². The molecule has 0 radical (unpaired) electrons. The maximum absolute atomic E-state index is 12.7. The third-order valence-corrected chi connectivity index (χ3v) is 25.9. The van der Waals surface area contributed by atoms with Crippen LogP contribution < -0.4 is 28.4 Å². The minimum absolute atomic E-state index is 0.0438. The summed E-state index contributed by atoms with van der Waals surface area (Å²) in [4.78, 5) is 47.4. The Morgan fingerprint density at radius 3 is 1.51 bits per heavy atom. The van der Waals surface area contributed by atoms with E-state index in [1.54, 1.807) is 26.4 Å². The molecule has 0 unspecified atom stereocenters. The first kappa shape index (κ1) is 60.6. The lowest BCUT2D eigenvalue weighted by molar-refractivity contribution is -0.185. The van der Waals surface area contributed by atoms with Gasteiger partial charge in [-0.15, -0.1) is 0 Å². The first-order valence-electron chi connectivity index (χ1n) is 32.9. The molecule has 21 nitrogen and oxygen atoms in total.